The standard InChI is InChI=1S/C25H20N4O.C4H9NO/c26-22(15-14-19-17-10-4-5-11-18(17)19)28-24-25(30)27-21-13-7-6-12-20(21)23(29-24)16-8-2-1-3-9-16;1-3-6-4-2-5-1/h1-15,24,28H,26H2,(H,27,30);5H,1-4H2/b22-15+;. The SMILES string of the molecule is C1COCCN1.N/C(=C\C=C1c2ccccc21)NC1N=C(c2ccccc2)c2ccccc2NC1=O. The number of nitrogens with zero attached hydrogens (tertiary/aromatic N) is 1. The van der Waals surface area contributed by atoms with Gasteiger partial charge in [-0.3, -0.25) is 4.79 Å². The molecule has 1 fully saturated rings. The lowest BCUT2D eigenvalue weighted by Crippen LogP contribution is -2.40. The highest BCUT2D eigenvalue weighted by molar-refractivity contribution is 6.19. The molecule has 7 heteroatoms. The van der Waals surface area contributed by atoms with Crippen molar-refractivity contribution in [3.05, 3.63) is 119 Å². The number of aliphatic imine (C=N–C) groups is 1. The summed E-state index contributed by atoms with van der Waals surface area (Å²) >= 11 is 0. The summed E-state index contributed by atoms with van der Waals surface area (Å²) in [6.45, 7) is 3.83. The highest BCUT2D eigenvalue weighted by atomic mass is 16.5. The van der Waals surface area contributed by atoms with Crippen LogP contribution in [0, 0.1) is 0 Å². The number of rotatable bonds is 4. The number of amides is 1. The molecule has 6 rings (SSSR count). The molecule has 3 aliphatic rings. The zero-order valence-electron chi connectivity index (χ0n) is 19.9. The van der Waals surface area contributed by atoms with Crippen molar-refractivity contribution in [2.75, 3.05) is 31.6 Å². The van der Waals surface area contributed by atoms with Crippen LogP contribution in [0.1, 0.15) is 22.3 Å². The number of benzene rings is 3. The molecule has 0 saturated carbocycles. The summed E-state index contributed by atoms with van der Waals surface area (Å²) in [6, 6.07) is 25.7. The summed E-state index contributed by atoms with van der Waals surface area (Å²) < 4.78 is 5.01. The van der Waals surface area contributed by atoms with Crippen LogP contribution < -0.4 is 21.7 Å². The lowest BCUT2D eigenvalue weighted by molar-refractivity contribution is -0.117. The van der Waals surface area contributed by atoms with Gasteiger partial charge in [-0.2, -0.15) is 0 Å². The molecule has 0 spiro atoms. The molecule has 182 valence electrons. The summed E-state index contributed by atoms with van der Waals surface area (Å²) in [7, 11) is 0. The number of benzodiazepines with no additional fused rings is 1. The Hall–Kier alpha value is -4.20. The van der Waals surface area contributed by atoms with Crippen molar-refractivity contribution in [2.45, 2.75) is 6.17 Å². The number of fused-ring (bicyclic) bond motifs is 2. The first-order chi connectivity index (χ1) is 17.7. The molecule has 0 aromatic heterocycles. The molecule has 0 bridgehead atoms. The zero-order valence-corrected chi connectivity index (χ0v) is 19.9. The van der Waals surface area contributed by atoms with E-state index in [1.807, 2.05) is 72.8 Å². The van der Waals surface area contributed by atoms with Gasteiger partial charge in [0, 0.05) is 24.2 Å². The Morgan fingerprint density at radius 3 is 2.19 bits per heavy atom. The number of allylic oxidation sites excluding steroid dienone is 2. The molecule has 1 unspecified atom stereocenters. The van der Waals surface area contributed by atoms with Crippen LogP contribution in [0.15, 0.2) is 102 Å². The Morgan fingerprint density at radius 2 is 1.56 bits per heavy atom. The Kier molecular flexibility index (Phi) is 7.21. The number of nitrogens with two attached hydrogens (primary N) is 1. The Labute approximate surface area is 210 Å². The normalized spacial score (nSPS) is 18.3. The predicted molar refractivity (Wildman–Crippen MR) is 144 cm³/mol. The molecule has 7 nitrogen and oxygen atoms in total. The van der Waals surface area contributed by atoms with E-state index in [0.29, 0.717) is 5.82 Å². The molecule has 2 aliphatic heterocycles. The van der Waals surface area contributed by atoms with E-state index in [4.69, 9.17) is 15.5 Å². The number of carbonyl (C=O) groups excluding carboxylic acids is 1. The summed E-state index contributed by atoms with van der Waals surface area (Å²) in [5, 5.41) is 9.16. The van der Waals surface area contributed by atoms with Crippen molar-refractivity contribution in [3.63, 3.8) is 0 Å². The number of nitrogens with one attached hydrogen (secondary N) is 3. The molecule has 1 aliphatic carbocycles. The van der Waals surface area contributed by atoms with Crippen LogP contribution in [-0.2, 0) is 9.53 Å². The molecule has 3 aromatic rings. The third-order valence-corrected chi connectivity index (χ3v) is 6.02. The van der Waals surface area contributed by atoms with E-state index in [-0.39, 0.29) is 5.91 Å². The Balaban J connectivity index is 0.000000391. The smallest absolute Gasteiger partial charge is 0.269 e. The Morgan fingerprint density at radius 1 is 0.917 bits per heavy atom. The monoisotopic (exact) mass is 479 g/mol. The number of carbonyl (C=O) groups is 1. The molecule has 1 atom stereocenters. The van der Waals surface area contributed by atoms with E-state index in [1.165, 1.54) is 11.1 Å². The first kappa shape index (κ1) is 23.5. The van der Waals surface area contributed by atoms with Crippen LogP contribution in [0.25, 0.3) is 5.57 Å². The lowest BCUT2D eigenvalue weighted by Gasteiger charge is -2.14. The summed E-state index contributed by atoms with van der Waals surface area (Å²) in [5.74, 6) is 0.120. The fourth-order valence-corrected chi connectivity index (χ4v) is 4.15. The fraction of sp³-hybridized carbons (Fsp3) is 0.172. The number of hydrogen-bond donors (Lipinski definition) is 4. The van der Waals surface area contributed by atoms with Gasteiger partial charge in [-0.25, -0.2) is 4.99 Å². The van der Waals surface area contributed by atoms with E-state index in [9.17, 15) is 4.79 Å². The topological polar surface area (TPSA) is 101 Å². The number of morpholine rings is 1. The maximum atomic E-state index is 12.8. The highest BCUT2D eigenvalue weighted by Crippen LogP contribution is 2.41. The minimum atomic E-state index is -0.844. The van der Waals surface area contributed by atoms with Crippen molar-refractivity contribution >= 4 is 22.9 Å². The Bertz CT molecular complexity index is 1290. The molecule has 1 amide bonds. The zero-order chi connectivity index (χ0) is 24.7. The number of para-hydroxylation sites is 1. The number of anilines is 1. The molecule has 3 aromatic carbocycles. The van der Waals surface area contributed by atoms with E-state index in [1.54, 1.807) is 6.08 Å². The van der Waals surface area contributed by atoms with E-state index in [0.717, 1.165) is 54.4 Å². The minimum absolute atomic E-state index is 0.257. The average Bonchev–Trinajstić information content (AvgIpc) is 3.67. The van der Waals surface area contributed by atoms with Gasteiger partial charge in [-0.05, 0) is 28.8 Å². The molecule has 0 radical (unpaired) electrons. The third-order valence-electron chi connectivity index (χ3n) is 6.02. The second kappa shape index (κ2) is 11.0. The number of hydrogen-bond acceptors (Lipinski definition) is 6. The summed E-state index contributed by atoms with van der Waals surface area (Å²) in [4.78, 5) is 17.6. The minimum Gasteiger partial charge on any atom is -0.385 e. The van der Waals surface area contributed by atoms with Crippen molar-refractivity contribution in [1.29, 1.82) is 0 Å². The van der Waals surface area contributed by atoms with Crippen LogP contribution >= 0.6 is 0 Å². The van der Waals surface area contributed by atoms with Crippen molar-refractivity contribution < 1.29 is 9.53 Å². The van der Waals surface area contributed by atoms with Gasteiger partial charge in [0.1, 0.15) is 0 Å². The summed E-state index contributed by atoms with van der Waals surface area (Å²) in [6.07, 6.45) is 2.89. The first-order valence-electron chi connectivity index (χ1n) is 12.1. The van der Waals surface area contributed by atoms with Gasteiger partial charge < -0.3 is 26.4 Å². The van der Waals surface area contributed by atoms with Gasteiger partial charge in [0.25, 0.3) is 5.91 Å². The maximum absolute atomic E-state index is 12.8. The fourth-order valence-electron chi connectivity index (χ4n) is 4.15. The van der Waals surface area contributed by atoms with Gasteiger partial charge in [0.05, 0.1) is 30.4 Å². The van der Waals surface area contributed by atoms with Crippen LogP contribution in [0.5, 0.6) is 0 Å². The van der Waals surface area contributed by atoms with E-state index >= 15 is 0 Å². The molecular weight excluding hydrogens is 450 g/mol. The quantitative estimate of drug-likeness (QED) is 0.360. The van der Waals surface area contributed by atoms with Gasteiger partial charge in [-0.1, -0.05) is 78.9 Å². The van der Waals surface area contributed by atoms with E-state index in [2.05, 4.69) is 28.1 Å². The van der Waals surface area contributed by atoms with Gasteiger partial charge in [0.15, 0.2) is 0 Å². The molecular formula is C29H29N5O2. The van der Waals surface area contributed by atoms with E-state index < -0.39 is 6.17 Å². The van der Waals surface area contributed by atoms with Gasteiger partial charge >= 0.3 is 0 Å². The van der Waals surface area contributed by atoms with Gasteiger partial charge in [-0.15, -0.1) is 0 Å². The molecule has 2 heterocycles. The van der Waals surface area contributed by atoms with Crippen LogP contribution in [0.2, 0.25) is 0 Å². The first-order valence-corrected chi connectivity index (χ1v) is 12.1. The van der Waals surface area contributed by atoms with Crippen LogP contribution in [0.4, 0.5) is 5.69 Å². The predicted octanol–water partition coefficient (Wildman–Crippen LogP) is 3.24. The summed E-state index contributed by atoms with van der Waals surface area (Å²) in [5.41, 5.74) is 13.1. The molecule has 1 saturated heterocycles. The second-order valence-corrected chi connectivity index (χ2v) is 8.54. The number of ether oxygens (including phenoxy) is 1. The van der Waals surface area contributed by atoms with Gasteiger partial charge in [0.2, 0.25) is 6.17 Å². The van der Waals surface area contributed by atoms with Crippen molar-refractivity contribution in [1.82, 2.24) is 10.6 Å². The lowest BCUT2D eigenvalue weighted by atomic mass is 10.0. The van der Waals surface area contributed by atoms with Crippen LogP contribution in [0.3, 0.4) is 0 Å². The van der Waals surface area contributed by atoms with Crippen molar-refractivity contribution in [2.24, 2.45) is 10.7 Å². The highest BCUT2D eigenvalue weighted by Gasteiger charge is 2.26. The maximum Gasteiger partial charge on any atom is 0.269 e. The average molecular weight is 480 g/mol. The largest absolute Gasteiger partial charge is 0.385 e. The molecule has 5 N–H and O–H groups in total. The van der Waals surface area contributed by atoms with Crippen LogP contribution in [-0.4, -0.2) is 44.1 Å². The third kappa shape index (κ3) is 5.54. The second-order valence-electron chi connectivity index (χ2n) is 8.54. The molecule has 36 heavy (non-hydrogen) atoms. The van der Waals surface area contributed by atoms with Crippen molar-refractivity contribution in [3.8, 4) is 0 Å².